The molecule has 3 nitrogen and oxygen atoms in total. The van der Waals surface area contributed by atoms with E-state index in [1.165, 1.54) is 30.1 Å². The molecule has 6 heteroatoms. The van der Waals surface area contributed by atoms with Crippen LogP contribution in [0.2, 0.25) is 0 Å². The van der Waals surface area contributed by atoms with Crippen molar-refractivity contribution in [1.82, 2.24) is 0 Å². The first kappa shape index (κ1) is 26.2. The van der Waals surface area contributed by atoms with Gasteiger partial charge in [0.1, 0.15) is 0 Å². The van der Waals surface area contributed by atoms with Crippen LogP contribution >= 0.6 is 0 Å². The Balaban J connectivity index is 2.00. The van der Waals surface area contributed by atoms with E-state index in [0.29, 0.717) is 5.57 Å². The van der Waals surface area contributed by atoms with Crippen LogP contribution in [0.15, 0.2) is 76.9 Å². The molecule has 1 aromatic rings. The van der Waals surface area contributed by atoms with Crippen LogP contribution in [-0.4, -0.2) is 5.97 Å². The van der Waals surface area contributed by atoms with E-state index >= 15 is 0 Å². The molecule has 0 saturated carbocycles. The number of carbonyl (C=O) groups is 1. The molecule has 33 heavy (non-hydrogen) atoms. The fourth-order valence-corrected chi connectivity index (χ4v) is 3.82. The normalized spacial score (nSPS) is 17.8. The highest BCUT2D eigenvalue weighted by atomic mass is 19.4. The molecule has 178 valence electrons. The Morgan fingerprint density at radius 3 is 2.45 bits per heavy atom. The van der Waals surface area contributed by atoms with E-state index in [1.54, 1.807) is 13.0 Å². The number of carbonyl (C=O) groups excluding carboxylic acids is 1. The number of hydrogen-bond donors (Lipinski definition) is 1. The van der Waals surface area contributed by atoms with Crippen LogP contribution in [0.5, 0.6) is 5.75 Å². The van der Waals surface area contributed by atoms with E-state index in [2.05, 4.69) is 32.9 Å². The highest BCUT2D eigenvalue weighted by Crippen LogP contribution is 2.40. The molecular weight excluding hydrogens is 427 g/mol. The van der Waals surface area contributed by atoms with Crippen LogP contribution in [0.1, 0.15) is 59.4 Å². The van der Waals surface area contributed by atoms with Crippen molar-refractivity contribution in [2.45, 2.75) is 60.1 Å². The molecule has 0 aromatic heterocycles. The molecule has 0 unspecified atom stereocenters. The molecule has 1 aliphatic rings. The van der Waals surface area contributed by atoms with Gasteiger partial charge < -0.3 is 10.5 Å². The SMILES string of the molecule is CC1=C(/C=C/C(C)=C/C=C/C(C)=C/C(=O)Oc2ccc(C(F)(F)F)cc2N)C(C)(C)CCC1. The standard InChI is InChI=1S/C27H32F3NO2/c1-18(11-13-22-20(3)10-7-15-26(22,4)5)8-6-9-19(2)16-25(32)33-24-14-12-21(17-23(24)31)27(28,29)30/h6,8-9,11-14,16-17H,7,10,15,31H2,1-5H3/b9-6+,13-11+,18-8+,19-16+. The Kier molecular flexibility index (Phi) is 8.53. The van der Waals surface area contributed by atoms with Crippen LogP contribution in [0.25, 0.3) is 0 Å². The molecule has 1 aromatic carbocycles. The van der Waals surface area contributed by atoms with E-state index in [4.69, 9.17) is 10.5 Å². The average Bonchev–Trinajstić information content (AvgIpc) is 2.67. The van der Waals surface area contributed by atoms with Gasteiger partial charge in [0.15, 0.2) is 5.75 Å². The number of nitrogens with two attached hydrogens (primary N) is 1. The fraction of sp³-hybridized carbons (Fsp3) is 0.370. The van der Waals surface area contributed by atoms with Gasteiger partial charge in [-0.15, -0.1) is 0 Å². The number of anilines is 1. The minimum Gasteiger partial charge on any atom is -0.421 e. The number of allylic oxidation sites excluding steroid dienone is 9. The summed E-state index contributed by atoms with van der Waals surface area (Å²) in [7, 11) is 0. The molecule has 2 rings (SSSR count). The van der Waals surface area contributed by atoms with Crippen LogP contribution < -0.4 is 10.5 Å². The van der Waals surface area contributed by atoms with Crippen molar-refractivity contribution in [2.24, 2.45) is 5.41 Å². The Morgan fingerprint density at radius 1 is 1.15 bits per heavy atom. The second-order valence-electron chi connectivity index (χ2n) is 9.09. The summed E-state index contributed by atoms with van der Waals surface area (Å²) in [6.45, 7) is 10.5. The van der Waals surface area contributed by atoms with Crippen molar-refractivity contribution in [3.05, 3.63) is 82.5 Å². The Bertz CT molecular complexity index is 1040. The van der Waals surface area contributed by atoms with Gasteiger partial charge in [0.05, 0.1) is 11.3 Å². The van der Waals surface area contributed by atoms with Gasteiger partial charge in [-0.3, -0.25) is 0 Å². The van der Waals surface area contributed by atoms with Gasteiger partial charge in [0.25, 0.3) is 0 Å². The molecule has 0 spiro atoms. The van der Waals surface area contributed by atoms with Gasteiger partial charge in [-0.25, -0.2) is 4.79 Å². The third kappa shape index (κ3) is 7.81. The summed E-state index contributed by atoms with van der Waals surface area (Å²) in [5.41, 5.74) is 9.16. The van der Waals surface area contributed by atoms with Gasteiger partial charge in [-0.1, -0.05) is 55.4 Å². The van der Waals surface area contributed by atoms with Crippen molar-refractivity contribution in [3.63, 3.8) is 0 Å². The molecule has 2 N–H and O–H groups in total. The second kappa shape index (κ2) is 10.7. The first-order valence-electron chi connectivity index (χ1n) is 10.9. The highest BCUT2D eigenvalue weighted by molar-refractivity contribution is 5.86. The molecule has 0 heterocycles. The number of nitrogen functional groups attached to an aromatic ring is 1. The van der Waals surface area contributed by atoms with E-state index < -0.39 is 17.7 Å². The highest BCUT2D eigenvalue weighted by Gasteiger charge is 2.31. The summed E-state index contributed by atoms with van der Waals surface area (Å²) in [5, 5.41) is 0. The Labute approximate surface area is 194 Å². The third-order valence-electron chi connectivity index (χ3n) is 5.67. The lowest BCUT2D eigenvalue weighted by atomic mass is 9.72. The monoisotopic (exact) mass is 459 g/mol. The van der Waals surface area contributed by atoms with Crippen LogP contribution in [0.4, 0.5) is 18.9 Å². The molecule has 0 atom stereocenters. The molecule has 0 saturated heterocycles. The second-order valence-corrected chi connectivity index (χ2v) is 9.09. The van der Waals surface area contributed by atoms with Gasteiger partial charge in [0.2, 0.25) is 0 Å². The summed E-state index contributed by atoms with van der Waals surface area (Å²) < 4.78 is 43.2. The van der Waals surface area contributed by atoms with Crippen LogP contribution in [0.3, 0.4) is 0 Å². The van der Waals surface area contributed by atoms with Crippen molar-refractivity contribution in [3.8, 4) is 5.75 Å². The maximum absolute atomic E-state index is 12.7. The maximum Gasteiger partial charge on any atom is 0.416 e. The summed E-state index contributed by atoms with van der Waals surface area (Å²) in [6.07, 6.45) is 10.1. The summed E-state index contributed by atoms with van der Waals surface area (Å²) >= 11 is 0. The van der Waals surface area contributed by atoms with Crippen molar-refractivity contribution < 1.29 is 22.7 Å². The Morgan fingerprint density at radius 2 is 1.85 bits per heavy atom. The lowest BCUT2D eigenvalue weighted by Crippen LogP contribution is -2.19. The number of benzene rings is 1. The molecule has 0 aliphatic heterocycles. The van der Waals surface area contributed by atoms with E-state index in [9.17, 15) is 18.0 Å². The van der Waals surface area contributed by atoms with Crippen molar-refractivity contribution >= 4 is 11.7 Å². The summed E-state index contributed by atoms with van der Waals surface area (Å²) in [5.74, 6) is -0.830. The van der Waals surface area contributed by atoms with Gasteiger partial charge in [-0.2, -0.15) is 13.2 Å². The number of halogens is 3. The molecule has 0 bridgehead atoms. The smallest absolute Gasteiger partial charge is 0.416 e. The zero-order valence-electron chi connectivity index (χ0n) is 19.8. The zero-order valence-corrected chi connectivity index (χ0v) is 19.8. The van der Waals surface area contributed by atoms with Gasteiger partial charge in [-0.05, 0) is 74.8 Å². The largest absolute Gasteiger partial charge is 0.421 e. The van der Waals surface area contributed by atoms with Crippen LogP contribution in [-0.2, 0) is 11.0 Å². The van der Waals surface area contributed by atoms with E-state index in [1.807, 2.05) is 19.1 Å². The van der Waals surface area contributed by atoms with E-state index in [-0.39, 0.29) is 16.9 Å². The number of ether oxygens (including phenoxy) is 1. The number of alkyl halides is 3. The quantitative estimate of drug-likeness (QED) is 0.156. The minimum atomic E-state index is -4.51. The van der Waals surface area contributed by atoms with Crippen molar-refractivity contribution in [1.29, 1.82) is 0 Å². The molecular formula is C27H32F3NO2. The molecule has 0 fully saturated rings. The maximum atomic E-state index is 12.7. The van der Waals surface area contributed by atoms with Crippen molar-refractivity contribution in [2.75, 3.05) is 5.73 Å². The van der Waals surface area contributed by atoms with E-state index in [0.717, 1.165) is 30.2 Å². The van der Waals surface area contributed by atoms with Gasteiger partial charge in [0, 0.05) is 6.08 Å². The average molecular weight is 460 g/mol. The fourth-order valence-electron chi connectivity index (χ4n) is 3.82. The summed E-state index contributed by atoms with van der Waals surface area (Å²) in [6, 6.07) is 2.60. The van der Waals surface area contributed by atoms with Crippen LogP contribution in [0, 0.1) is 5.41 Å². The lowest BCUT2D eigenvalue weighted by Gasteiger charge is -2.32. The first-order valence-corrected chi connectivity index (χ1v) is 10.9. The predicted molar refractivity (Wildman–Crippen MR) is 128 cm³/mol. The minimum absolute atomic E-state index is 0.114. The number of hydrogen-bond acceptors (Lipinski definition) is 3. The third-order valence-corrected chi connectivity index (χ3v) is 5.67. The predicted octanol–water partition coefficient (Wildman–Crippen LogP) is 7.72. The Hall–Kier alpha value is -3.02. The zero-order chi connectivity index (χ0) is 24.8. The summed E-state index contributed by atoms with van der Waals surface area (Å²) in [4.78, 5) is 12.1. The topological polar surface area (TPSA) is 52.3 Å². The molecule has 0 amide bonds. The first-order chi connectivity index (χ1) is 15.3. The lowest BCUT2D eigenvalue weighted by molar-refractivity contribution is -0.137. The molecule has 1 aliphatic carbocycles. The van der Waals surface area contributed by atoms with Gasteiger partial charge >= 0.3 is 12.1 Å². The molecule has 0 radical (unpaired) electrons. The number of esters is 1. The number of rotatable bonds is 6.